The molecule has 0 saturated carbocycles. The highest BCUT2D eigenvalue weighted by molar-refractivity contribution is 9.11. The fourth-order valence-corrected chi connectivity index (χ4v) is 3.61. The number of carbonyl (C=O) groups is 1. The predicted octanol–water partition coefficient (Wildman–Crippen LogP) is 5.99. The van der Waals surface area contributed by atoms with E-state index in [1.54, 1.807) is 12.1 Å². The molecule has 0 fully saturated rings. The lowest BCUT2D eigenvalue weighted by atomic mass is 10.0. The van der Waals surface area contributed by atoms with Crippen LogP contribution < -0.4 is 4.74 Å². The summed E-state index contributed by atoms with van der Waals surface area (Å²) in [6.07, 6.45) is 0.944. The minimum absolute atomic E-state index is 0.0280. The van der Waals surface area contributed by atoms with Crippen molar-refractivity contribution in [3.8, 4) is 5.75 Å². The van der Waals surface area contributed by atoms with Gasteiger partial charge in [-0.2, -0.15) is 0 Å². The minimum Gasteiger partial charge on any atom is -0.492 e. The summed E-state index contributed by atoms with van der Waals surface area (Å²) in [4.78, 5) is 12.5. The summed E-state index contributed by atoms with van der Waals surface area (Å²) >= 11 is 10.2. The second-order valence-corrected chi connectivity index (χ2v) is 7.17. The molecule has 110 valence electrons. The van der Waals surface area contributed by atoms with Crippen LogP contribution in [0.2, 0.25) is 0 Å². The first-order valence-electron chi connectivity index (χ1n) is 6.44. The molecule has 2 rings (SSSR count). The average Bonchev–Trinajstić information content (AvgIpc) is 2.44. The standard InChI is InChI=1S/C16H13Br3O2/c1-2-5-21-15-4-3-10(8-14(15)19)16(20)11-6-12(17)9-13(18)7-11/h3-4,6-9H,2,5H2,1H3. The summed E-state index contributed by atoms with van der Waals surface area (Å²) < 4.78 is 8.11. The van der Waals surface area contributed by atoms with E-state index in [-0.39, 0.29) is 5.78 Å². The molecule has 0 bridgehead atoms. The van der Waals surface area contributed by atoms with Gasteiger partial charge in [0.15, 0.2) is 5.78 Å². The summed E-state index contributed by atoms with van der Waals surface area (Å²) in [5, 5.41) is 0. The summed E-state index contributed by atoms with van der Waals surface area (Å²) in [7, 11) is 0. The fourth-order valence-electron chi connectivity index (χ4n) is 1.82. The molecule has 0 heterocycles. The molecule has 2 nitrogen and oxygen atoms in total. The molecule has 0 atom stereocenters. The number of ether oxygens (including phenoxy) is 1. The quantitative estimate of drug-likeness (QED) is 0.495. The van der Waals surface area contributed by atoms with Crippen LogP contribution in [0.4, 0.5) is 0 Å². The van der Waals surface area contributed by atoms with Crippen LogP contribution in [0, 0.1) is 0 Å². The Morgan fingerprint density at radius 3 is 2.24 bits per heavy atom. The van der Waals surface area contributed by atoms with E-state index in [0.29, 0.717) is 17.7 Å². The molecule has 0 aliphatic rings. The maximum absolute atomic E-state index is 12.5. The molecule has 0 aromatic heterocycles. The maximum Gasteiger partial charge on any atom is 0.193 e. The Hall–Kier alpha value is -0.650. The van der Waals surface area contributed by atoms with Crippen LogP contribution in [0.5, 0.6) is 5.75 Å². The van der Waals surface area contributed by atoms with Crippen molar-refractivity contribution in [2.45, 2.75) is 13.3 Å². The number of halogens is 3. The average molecular weight is 477 g/mol. The van der Waals surface area contributed by atoms with E-state index >= 15 is 0 Å². The summed E-state index contributed by atoms with van der Waals surface area (Å²) in [5.41, 5.74) is 1.25. The van der Waals surface area contributed by atoms with Crippen molar-refractivity contribution in [2.24, 2.45) is 0 Å². The van der Waals surface area contributed by atoms with Crippen LogP contribution in [-0.2, 0) is 0 Å². The number of carbonyl (C=O) groups excluding carboxylic acids is 1. The van der Waals surface area contributed by atoms with E-state index in [1.807, 2.05) is 24.3 Å². The van der Waals surface area contributed by atoms with Gasteiger partial charge in [0.2, 0.25) is 0 Å². The first-order valence-corrected chi connectivity index (χ1v) is 8.82. The lowest BCUT2D eigenvalue weighted by Gasteiger charge is -2.09. The molecule has 0 aliphatic heterocycles. The second-order valence-electron chi connectivity index (χ2n) is 4.48. The SMILES string of the molecule is CCCOc1ccc(C(=O)c2cc(Br)cc(Br)c2)cc1Br. The Labute approximate surface area is 149 Å². The minimum atomic E-state index is -0.0280. The van der Waals surface area contributed by atoms with Crippen molar-refractivity contribution >= 4 is 53.6 Å². The van der Waals surface area contributed by atoms with Gasteiger partial charge in [-0.1, -0.05) is 38.8 Å². The van der Waals surface area contributed by atoms with Crippen LogP contribution in [-0.4, -0.2) is 12.4 Å². The van der Waals surface area contributed by atoms with E-state index in [2.05, 4.69) is 54.7 Å². The van der Waals surface area contributed by atoms with Gasteiger partial charge >= 0.3 is 0 Å². The Morgan fingerprint density at radius 1 is 1.00 bits per heavy atom. The molecular formula is C16H13Br3O2. The molecule has 0 amide bonds. The van der Waals surface area contributed by atoms with Gasteiger partial charge in [-0.25, -0.2) is 0 Å². The van der Waals surface area contributed by atoms with Crippen LogP contribution in [0.15, 0.2) is 49.8 Å². The molecule has 0 aliphatic carbocycles. The third-order valence-corrected chi connectivity index (χ3v) is 4.32. The Kier molecular flexibility index (Phi) is 6.02. The number of hydrogen-bond donors (Lipinski definition) is 0. The number of ketones is 1. The third-order valence-electron chi connectivity index (χ3n) is 2.78. The van der Waals surface area contributed by atoms with Gasteiger partial charge < -0.3 is 4.74 Å². The summed E-state index contributed by atoms with van der Waals surface area (Å²) in [6.45, 7) is 2.71. The van der Waals surface area contributed by atoms with Gasteiger partial charge in [0, 0.05) is 20.1 Å². The molecule has 21 heavy (non-hydrogen) atoms. The lowest BCUT2D eigenvalue weighted by Crippen LogP contribution is -2.02. The highest BCUT2D eigenvalue weighted by Gasteiger charge is 2.13. The summed E-state index contributed by atoms with van der Waals surface area (Å²) in [5.74, 6) is 0.726. The Morgan fingerprint density at radius 2 is 1.67 bits per heavy atom. The van der Waals surface area contributed by atoms with E-state index < -0.39 is 0 Å². The van der Waals surface area contributed by atoms with Crippen molar-refractivity contribution < 1.29 is 9.53 Å². The normalized spacial score (nSPS) is 10.5. The fraction of sp³-hybridized carbons (Fsp3) is 0.188. The smallest absolute Gasteiger partial charge is 0.193 e. The first-order chi connectivity index (χ1) is 10.0. The molecule has 2 aromatic carbocycles. The highest BCUT2D eigenvalue weighted by atomic mass is 79.9. The van der Waals surface area contributed by atoms with Crippen molar-refractivity contribution in [1.82, 2.24) is 0 Å². The molecular weight excluding hydrogens is 464 g/mol. The van der Waals surface area contributed by atoms with E-state index in [0.717, 1.165) is 25.6 Å². The monoisotopic (exact) mass is 474 g/mol. The molecule has 0 spiro atoms. The van der Waals surface area contributed by atoms with E-state index in [9.17, 15) is 4.79 Å². The lowest BCUT2D eigenvalue weighted by molar-refractivity contribution is 0.103. The van der Waals surface area contributed by atoms with Crippen LogP contribution in [0.3, 0.4) is 0 Å². The van der Waals surface area contributed by atoms with Gasteiger partial charge in [-0.05, 0) is 58.7 Å². The molecule has 0 N–H and O–H groups in total. The molecule has 0 radical (unpaired) electrons. The van der Waals surface area contributed by atoms with Crippen LogP contribution in [0.25, 0.3) is 0 Å². The predicted molar refractivity (Wildman–Crippen MR) is 95.2 cm³/mol. The van der Waals surface area contributed by atoms with Crippen LogP contribution >= 0.6 is 47.8 Å². The van der Waals surface area contributed by atoms with Gasteiger partial charge in [0.25, 0.3) is 0 Å². The topological polar surface area (TPSA) is 26.3 Å². The van der Waals surface area contributed by atoms with Crippen molar-refractivity contribution in [3.63, 3.8) is 0 Å². The zero-order valence-corrected chi connectivity index (χ0v) is 16.1. The van der Waals surface area contributed by atoms with Crippen molar-refractivity contribution in [3.05, 3.63) is 60.9 Å². The van der Waals surface area contributed by atoms with E-state index in [4.69, 9.17) is 4.74 Å². The van der Waals surface area contributed by atoms with E-state index in [1.165, 1.54) is 0 Å². The van der Waals surface area contributed by atoms with Gasteiger partial charge in [0.05, 0.1) is 11.1 Å². The Balaban J connectivity index is 2.29. The largest absolute Gasteiger partial charge is 0.492 e. The molecule has 0 saturated heterocycles. The van der Waals surface area contributed by atoms with Crippen LogP contribution in [0.1, 0.15) is 29.3 Å². The zero-order valence-electron chi connectivity index (χ0n) is 11.3. The van der Waals surface area contributed by atoms with Crippen molar-refractivity contribution in [1.29, 1.82) is 0 Å². The number of benzene rings is 2. The second kappa shape index (κ2) is 7.56. The molecule has 5 heteroatoms. The maximum atomic E-state index is 12.5. The Bertz CT molecular complexity index is 648. The van der Waals surface area contributed by atoms with Gasteiger partial charge in [-0.3, -0.25) is 4.79 Å². The summed E-state index contributed by atoms with van der Waals surface area (Å²) in [6, 6.07) is 10.9. The van der Waals surface area contributed by atoms with Gasteiger partial charge in [-0.15, -0.1) is 0 Å². The van der Waals surface area contributed by atoms with Gasteiger partial charge in [0.1, 0.15) is 5.75 Å². The number of rotatable bonds is 5. The van der Waals surface area contributed by atoms with Crippen molar-refractivity contribution in [2.75, 3.05) is 6.61 Å². The molecule has 2 aromatic rings. The zero-order chi connectivity index (χ0) is 15.4. The first kappa shape index (κ1) is 16.7. The highest BCUT2D eigenvalue weighted by Crippen LogP contribution is 2.28. The molecule has 0 unspecified atom stereocenters. The number of hydrogen-bond acceptors (Lipinski definition) is 2. The third kappa shape index (κ3) is 4.41.